The first-order chi connectivity index (χ1) is 13.6. The van der Waals surface area contributed by atoms with Gasteiger partial charge in [0.05, 0.1) is 18.2 Å². The van der Waals surface area contributed by atoms with Gasteiger partial charge in [0, 0.05) is 16.9 Å². The molecule has 0 aliphatic heterocycles. The molecule has 0 aliphatic rings. The standard InChI is InChI=1S/C19H14F4N4O2/c20-15-5-4-14(7-12(15)10-28)27-18(29)16(8-17(25)19(21,22)23)26-13-3-1-2-11(6-13)9-24/h1-8,25-26,28H,10H2,(H,27,29)/b16-8-,25-17?. The van der Waals surface area contributed by atoms with Gasteiger partial charge in [-0.2, -0.15) is 18.4 Å². The lowest BCUT2D eigenvalue weighted by molar-refractivity contribution is -0.112. The van der Waals surface area contributed by atoms with Gasteiger partial charge in [-0.1, -0.05) is 6.07 Å². The van der Waals surface area contributed by atoms with Gasteiger partial charge in [0.2, 0.25) is 0 Å². The summed E-state index contributed by atoms with van der Waals surface area (Å²) in [5, 5.41) is 29.8. The second-order valence-electron chi connectivity index (χ2n) is 5.71. The van der Waals surface area contributed by atoms with Gasteiger partial charge in [0.15, 0.2) is 0 Å². The predicted molar refractivity (Wildman–Crippen MR) is 97.6 cm³/mol. The minimum atomic E-state index is -4.98. The first-order valence-corrected chi connectivity index (χ1v) is 7.99. The van der Waals surface area contributed by atoms with Crippen molar-refractivity contribution in [2.45, 2.75) is 12.8 Å². The Morgan fingerprint density at radius 3 is 2.48 bits per heavy atom. The lowest BCUT2D eigenvalue weighted by Crippen LogP contribution is -2.25. The van der Waals surface area contributed by atoms with Crippen LogP contribution in [0.2, 0.25) is 0 Å². The third-order valence-electron chi connectivity index (χ3n) is 3.58. The van der Waals surface area contributed by atoms with E-state index < -0.39 is 35.9 Å². The van der Waals surface area contributed by atoms with Crippen LogP contribution >= 0.6 is 0 Å². The zero-order valence-electron chi connectivity index (χ0n) is 14.6. The maximum absolute atomic E-state index is 13.5. The van der Waals surface area contributed by atoms with Crippen LogP contribution in [0.3, 0.4) is 0 Å². The highest BCUT2D eigenvalue weighted by atomic mass is 19.4. The lowest BCUT2D eigenvalue weighted by atomic mass is 10.2. The van der Waals surface area contributed by atoms with Gasteiger partial charge < -0.3 is 15.7 Å². The Morgan fingerprint density at radius 2 is 1.86 bits per heavy atom. The molecule has 2 rings (SSSR count). The summed E-state index contributed by atoms with van der Waals surface area (Å²) in [6, 6.07) is 10.8. The molecule has 0 unspecified atom stereocenters. The molecule has 10 heteroatoms. The number of anilines is 2. The molecular weight excluding hydrogens is 392 g/mol. The van der Waals surface area contributed by atoms with Crippen LogP contribution in [0.4, 0.5) is 28.9 Å². The van der Waals surface area contributed by atoms with Crippen molar-refractivity contribution in [3.8, 4) is 6.07 Å². The highest BCUT2D eigenvalue weighted by Gasteiger charge is 2.33. The first kappa shape index (κ1) is 21.6. The molecule has 0 aliphatic carbocycles. The van der Waals surface area contributed by atoms with E-state index in [4.69, 9.17) is 15.8 Å². The van der Waals surface area contributed by atoms with Crippen molar-refractivity contribution in [3.63, 3.8) is 0 Å². The Kier molecular flexibility index (Phi) is 6.69. The third-order valence-corrected chi connectivity index (χ3v) is 3.58. The van der Waals surface area contributed by atoms with Crippen LogP contribution < -0.4 is 10.6 Å². The molecule has 0 saturated heterocycles. The molecule has 2 aromatic carbocycles. The highest BCUT2D eigenvalue weighted by molar-refractivity contribution is 6.11. The Balaban J connectivity index is 2.35. The van der Waals surface area contributed by atoms with Crippen LogP contribution in [0.5, 0.6) is 0 Å². The molecule has 0 fully saturated rings. The molecule has 1 amide bonds. The zero-order valence-corrected chi connectivity index (χ0v) is 14.6. The number of aliphatic hydroxyl groups excluding tert-OH is 1. The number of allylic oxidation sites excluding steroid dienone is 1. The fourth-order valence-electron chi connectivity index (χ4n) is 2.18. The van der Waals surface area contributed by atoms with Gasteiger partial charge in [-0.05, 0) is 42.5 Å². The number of carbonyl (C=O) groups excluding carboxylic acids is 1. The van der Waals surface area contributed by atoms with E-state index in [1.165, 1.54) is 24.3 Å². The number of amides is 1. The van der Waals surface area contributed by atoms with E-state index in [0.717, 1.165) is 18.2 Å². The van der Waals surface area contributed by atoms with Gasteiger partial charge in [-0.25, -0.2) is 4.39 Å². The maximum atomic E-state index is 13.5. The Morgan fingerprint density at radius 1 is 1.17 bits per heavy atom. The molecule has 0 heterocycles. The van der Waals surface area contributed by atoms with Crippen molar-refractivity contribution in [3.05, 3.63) is 71.2 Å². The molecule has 2 aromatic rings. The molecule has 4 N–H and O–H groups in total. The minimum absolute atomic E-state index is 0.0254. The molecule has 6 nitrogen and oxygen atoms in total. The summed E-state index contributed by atoms with van der Waals surface area (Å²) in [5.41, 5.74) is -2.15. The van der Waals surface area contributed by atoms with Crippen molar-refractivity contribution in [2.75, 3.05) is 10.6 Å². The summed E-state index contributed by atoms with van der Waals surface area (Å²) in [6.45, 7) is -0.643. The lowest BCUT2D eigenvalue weighted by Gasteiger charge is -2.14. The number of halogens is 4. The topological polar surface area (TPSA) is 109 Å². The van der Waals surface area contributed by atoms with Crippen LogP contribution in [0.25, 0.3) is 0 Å². The van der Waals surface area contributed by atoms with Gasteiger partial charge in [-0.3, -0.25) is 10.2 Å². The highest BCUT2D eigenvalue weighted by Crippen LogP contribution is 2.21. The molecule has 150 valence electrons. The fourth-order valence-corrected chi connectivity index (χ4v) is 2.18. The van der Waals surface area contributed by atoms with Crippen molar-refractivity contribution in [1.29, 1.82) is 10.7 Å². The molecule has 0 saturated carbocycles. The van der Waals surface area contributed by atoms with Crippen molar-refractivity contribution >= 4 is 23.0 Å². The summed E-state index contributed by atoms with van der Waals surface area (Å²) in [5.74, 6) is -1.76. The number of nitrogens with zero attached hydrogens (tertiary/aromatic N) is 1. The van der Waals surface area contributed by atoms with Gasteiger partial charge in [0.1, 0.15) is 17.2 Å². The number of hydrogen-bond acceptors (Lipinski definition) is 5. The monoisotopic (exact) mass is 406 g/mol. The Hall–Kier alpha value is -3.71. The van der Waals surface area contributed by atoms with E-state index in [-0.39, 0.29) is 22.5 Å². The number of carbonyl (C=O) groups is 1. The maximum Gasteiger partial charge on any atom is 0.432 e. The summed E-state index contributed by atoms with van der Waals surface area (Å²) < 4.78 is 51.7. The number of aliphatic hydroxyl groups is 1. The van der Waals surface area contributed by atoms with Crippen LogP contribution in [0, 0.1) is 22.6 Å². The van der Waals surface area contributed by atoms with E-state index in [9.17, 15) is 22.4 Å². The number of benzene rings is 2. The fraction of sp³-hybridized carbons (Fsp3) is 0.105. The molecule has 0 spiro atoms. The van der Waals surface area contributed by atoms with E-state index in [2.05, 4.69) is 10.6 Å². The Bertz CT molecular complexity index is 1010. The number of alkyl halides is 3. The molecule has 0 aromatic heterocycles. The first-order valence-electron chi connectivity index (χ1n) is 7.99. The normalized spacial score (nSPS) is 11.5. The summed E-state index contributed by atoms with van der Waals surface area (Å²) in [7, 11) is 0. The van der Waals surface area contributed by atoms with Crippen molar-refractivity contribution < 1.29 is 27.5 Å². The summed E-state index contributed by atoms with van der Waals surface area (Å²) in [4.78, 5) is 12.5. The van der Waals surface area contributed by atoms with E-state index in [0.29, 0.717) is 6.08 Å². The van der Waals surface area contributed by atoms with E-state index >= 15 is 0 Å². The Labute approximate surface area is 162 Å². The SMILES string of the molecule is N#Cc1cccc(N/C(=C\C(=N)C(F)(F)F)C(=O)Nc2ccc(F)c(CO)c2)c1. The van der Waals surface area contributed by atoms with Crippen molar-refractivity contribution in [1.82, 2.24) is 0 Å². The predicted octanol–water partition coefficient (Wildman–Crippen LogP) is 3.71. The molecule has 0 atom stereocenters. The van der Waals surface area contributed by atoms with Gasteiger partial charge >= 0.3 is 6.18 Å². The van der Waals surface area contributed by atoms with Crippen LogP contribution in [-0.4, -0.2) is 22.9 Å². The quantitative estimate of drug-likeness (QED) is 0.333. The molecule has 29 heavy (non-hydrogen) atoms. The van der Waals surface area contributed by atoms with Crippen molar-refractivity contribution in [2.24, 2.45) is 0 Å². The smallest absolute Gasteiger partial charge is 0.392 e. The van der Waals surface area contributed by atoms with Crippen LogP contribution in [0.1, 0.15) is 11.1 Å². The van der Waals surface area contributed by atoms with Gasteiger partial charge in [-0.15, -0.1) is 0 Å². The second kappa shape index (κ2) is 8.99. The number of nitrogens with one attached hydrogen (secondary N) is 3. The van der Waals surface area contributed by atoms with Crippen LogP contribution in [-0.2, 0) is 11.4 Å². The summed E-state index contributed by atoms with van der Waals surface area (Å²) in [6.07, 6.45) is -4.69. The van der Waals surface area contributed by atoms with E-state index in [1.807, 2.05) is 6.07 Å². The average molecular weight is 406 g/mol. The molecule has 0 radical (unpaired) electrons. The minimum Gasteiger partial charge on any atom is -0.392 e. The molecular formula is C19H14F4N4O2. The third kappa shape index (κ3) is 5.88. The zero-order chi connectivity index (χ0) is 21.6. The average Bonchev–Trinajstić information content (AvgIpc) is 2.68. The largest absolute Gasteiger partial charge is 0.432 e. The number of nitriles is 1. The van der Waals surface area contributed by atoms with Gasteiger partial charge in [0.25, 0.3) is 5.91 Å². The number of rotatable bonds is 6. The number of hydrogen-bond donors (Lipinski definition) is 4. The summed E-state index contributed by atoms with van der Waals surface area (Å²) >= 11 is 0. The van der Waals surface area contributed by atoms with E-state index in [1.54, 1.807) is 0 Å². The molecule has 0 bridgehead atoms. The second-order valence-corrected chi connectivity index (χ2v) is 5.71. The van der Waals surface area contributed by atoms with Crippen LogP contribution in [0.15, 0.2) is 54.2 Å².